The number of nitrogens with one attached hydrogen (secondary N) is 2. The molecule has 154 valence electrons. The predicted octanol–water partition coefficient (Wildman–Crippen LogP) is 4.29. The highest BCUT2D eigenvalue weighted by molar-refractivity contribution is 5.91. The van der Waals surface area contributed by atoms with Crippen molar-refractivity contribution in [1.82, 2.24) is 10.3 Å². The van der Waals surface area contributed by atoms with Gasteiger partial charge < -0.3 is 20.1 Å². The average molecular weight is 406 g/mol. The second kappa shape index (κ2) is 8.16. The molecule has 0 fully saturated rings. The number of aliphatic hydroxyl groups excluding tert-OH is 1. The number of fused-ring (bicyclic) bond motifs is 1. The first-order valence-electron chi connectivity index (χ1n) is 9.01. The number of aromatic amines is 1. The third kappa shape index (κ3) is 4.71. The molecule has 29 heavy (non-hydrogen) atoms. The smallest absolute Gasteiger partial charge is 0.407 e. The fraction of sp³-hybridized carbons (Fsp3) is 0.286. The van der Waals surface area contributed by atoms with Gasteiger partial charge in [0.1, 0.15) is 17.5 Å². The molecule has 5 nitrogen and oxygen atoms in total. The summed E-state index contributed by atoms with van der Waals surface area (Å²) in [6.07, 6.45) is -0.549. The number of H-pyrrole nitrogens is 1. The van der Waals surface area contributed by atoms with E-state index in [1.807, 2.05) is 0 Å². The van der Waals surface area contributed by atoms with E-state index in [1.165, 1.54) is 30.3 Å². The molecule has 3 rings (SSSR count). The maximum Gasteiger partial charge on any atom is 0.407 e. The monoisotopic (exact) mass is 406 g/mol. The Morgan fingerprint density at radius 1 is 1.14 bits per heavy atom. The molecule has 0 saturated heterocycles. The number of alkyl carbamates (subject to hydrolysis) is 1. The van der Waals surface area contributed by atoms with E-state index >= 15 is 0 Å². The zero-order chi connectivity index (χ0) is 21.2. The van der Waals surface area contributed by atoms with Crippen LogP contribution < -0.4 is 5.32 Å². The molecule has 0 aliphatic heterocycles. The molecule has 0 radical (unpaired) electrons. The number of benzene rings is 2. The Hall–Kier alpha value is -3.00. The van der Waals surface area contributed by atoms with Gasteiger partial charge in [-0.2, -0.15) is 0 Å². The Morgan fingerprint density at radius 2 is 1.83 bits per heavy atom. The Labute approximate surface area is 165 Å². The van der Waals surface area contributed by atoms with Gasteiger partial charge in [0.05, 0.1) is 24.3 Å². The molecule has 0 atom stereocenters. The van der Waals surface area contributed by atoms with E-state index < -0.39 is 29.1 Å². The van der Waals surface area contributed by atoms with Crippen LogP contribution in [0.4, 0.5) is 18.0 Å². The number of amides is 1. The minimum absolute atomic E-state index is 0.0629. The van der Waals surface area contributed by atoms with E-state index in [4.69, 9.17) is 4.74 Å². The fourth-order valence-corrected chi connectivity index (χ4v) is 2.99. The van der Waals surface area contributed by atoms with E-state index in [-0.39, 0.29) is 25.2 Å². The van der Waals surface area contributed by atoms with Gasteiger partial charge in [0.25, 0.3) is 0 Å². The molecular weight excluding hydrogens is 385 g/mol. The maximum absolute atomic E-state index is 14.2. The Kier molecular flexibility index (Phi) is 5.83. The summed E-state index contributed by atoms with van der Waals surface area (Å²) < 4.78 is 46.5. The van der Waals surface area contributed by atoms with Gasteiger partial charge >= 0.3 is 6.09 Å². The molecule has 3 N–H and O–H groups in total. The highest BCUT2D eigenvalue weighted by atomic mass is 19.1. The van der Waals surface area contributed by atoms with E-state index in [9.17, 15) is 23.1 Å². The quantitative estimate of drug-likeness (QED) is 0.572. The van der Waals surface area contributed by atoms with Crippen molar-refractivity contribution >= 4 is 17.0 Å². The van der Waals surface area contributed by atoms with E-state index in [1.54, 1.807) is 13.8 Å². The lowest BCUT2D eigenvalue weighted by Gasteiger charge is -2.22. The highest BCUT2D eigenvalue weighted by Crippen LogP contribution is 2.33. The maximum atomic E-state index is 14.2. The Bertz CT molecular complexity index is 1030. The minimum atomic E-state index is -0.844. The molecule has 0 aliphatic carbocycles. The molecule has 1 heterocycles. The molecule has 0 bridgehead atoms. The van der Waals surface area contributed by atoms with E-state index in [0.717, 1.165) is 6.07 Å². The molecular formula is C21H21F3N2O3. The van der Waals surface area contributed by atoms with Gasteiger partial charge in [0, 0.05) is 23.6 Å². The molecule has 0 saturated carbocycles. The molecule has 0 unspecified atom stereocenters. The van der Waals surface area contributed by atoms with E-state index in [2.05, 4.69) is 10.3 Å². The van der Waals surface area contributed by atoms with Crippen molar-refractivity contribution in [2.75, 3.05) is 13.2 Å². The molecule has 2 aromatic carbocycles. The number of carbonyl (C=O) groups is 1. The first-order chi connectivity index (χ1) is 13.7. The topological polar surface area (TPSA) is 74.3 Å². The lowest BCUT2D eigenvalue weighted by Crippen LogP contribution is -2.46. The van der Waals surface area contributed by atoms with Crippen molar-refractivity contribution in [3.8, 4) is 11.3 Å². The lowest BCUT2D eigenvalue weighted by molar-refractivity contribution is 0.122. The number of aliphatic hydroxyl groups is 1. The summed E-state index contributed by atoms with van der Waals surface area (Å²) in [5.74, 6) is -1.91. The van der Waals surface area contributed by atoms with E-state index in [0.29, 0.717) is 22.2 Å². The number of halogens is 3. The second-order valence-electron chi connectivity index (χ2n) is 7.35. The Balaban J connectivity index is 1.90. The summed E-state index contributed by atoms with van der Waals surface area (Å²) in [5, 5.41) is 12.0. The third-order valence-electron chi connectivity index (χ3n) is 4.49. The summed E-state index contributed by atoms with van der Waals surface area (Å²) in [7, 11) is 0. The highest BCUT2D eigenvalue weighted by Gasteiger charge is 2.21. The standard InChI is InChI=1S/C21H21F3N2O3/c1-21(2,11-27)26-20(28)29-8-7-15-16-9-14(23)10-17(24)19(16)25-18(15)12-3-5-13(22)6-4-12/h3-6,9-10,25,27H,7-8,11H2,1-2H3,(H,26,28). The van der Waals surface area contributed by atoms with Gasteiger partial charge in [-0.15, -0.1) is 0 Å². The average Bonchev–Trinajstić information content (AvgIpc) is 3.01. The second-order valence-corrected chi connectivity index (χ2v) is 7.35. The van der Waals surface area contributed by atoms with Gasteiger partial charge in [-0.1, -0.05) is 0 Å². The van der Waals surface area contributed by atoms with Crippen molar-refractivity contribution in [3.05, 3.63) is 59.4 Å². The SMILES string of the molecule is CC(C)(CO)NC(=O)OCCc1c(-c2ccc(F)cc2)[nH]c2c(F)cc(F)cc12. The van der Waals surface area contributed by atoms with Crippen LogP contribution in [0.15, 0.2) is 36.4 Å². The van der Waals surface area contributed by atoms with Crippen LogP contribution >= 0.6 is 0 Å². The van der Waals surface area contributed by atoms with Gasteiger partial charge in [-0.3, -0.25) is 0 Å². The van der Waals surface area contributed by atoms with Crippen LogP contribution in [0.3, 0.4) is 0 Å². The van der Waals surface area contributed by atoms with Crippen LogP contribution in [-0.2, 0) is 11.2 Å². The van der Waals surface area contributed by atoms with Crippen LogP contribution in [0.2, 0.25) is 0 Å². The summed E-state index contributed by atoms with van der Waals surface area (Å²) >= 11 is 0. The van der Waals surface area contributed by atoms with Crippen molar-refractivity contribution < 1.29 is 27.8 Å². The molecule has 0 aliphatic rings. The van der Waals surface area contributed by atoms with Gasteiger partial charge in [-0.25, -0.2) is 18.0 Å². The van der Waals surface area contributed by atoms with Gasteiger partial charge in [0.15, 0.2) is 0 Å². The van der Waals surface area contributed by atoms with Gasteiger partial charge in [-0.05, 0) is 55.3 Å². The molecule has 0 spiro atoms. The number of hydrogen-bond acceptors (Lipinski definition) is 3. The zero-order valence-corrected chi connectivity index (χ0v) is 16.0. The third-order valence-corrected chi connectivity index (χ3v) is 4.49. The summed E-state index contributed by atoms with van der Waals surface area (Å²) in [5.41, 5.74) is 0.891. The van der Waals surface area contributed by atoms with Crippen LogP contribution in [-0.4, -0.2) is 34.9 Å². The molecule has 3 aromatic rings. The summed E-state index contributed by atoms with van der Waals surface area (Å²) in [6, 6.07) is 7.55. The molecule has 1 amide bonds. The zero-order valence-electron chi connectivity index (χ0n) is 16.0. The predicted molar refractivity (Wildman–Crippen MR) is 103 cm³/mol. The summed E-state index contributed by atoms with van der Waals surface area (Å²) in [4.78, 5) is 14.8. The molecule has 1 aromatic heterocycles. The first-order valence-corrected chi connectivity index (χ1v) is 9.01. The first kappa shape index (κ1) is 20.7. The largest absolute Gasteiger partial charge is 0.449 e. The lowest BCUT2D eigenvalue weighted by atomic mass is 10.0. The van der Waals surface area contributed by atoms with Crippen molar-refractivity contribution in [3.63, 3.8) is 0 Å². The minimum Gasteiger partial charge on any atom is -0.449 e. The van der Waals surface area contributed by atoms with Gasteiger partial charge in [0.2, 0.25) is 0 Å². The van der Waals surface area contributed by atoms with Crippen LogP contribution in [0.25, 0.3) is 22.2 Å². The number of rotatable bonds is 6. The number of hydrogen-bond donors (Lipinski definition) is 3. The van der Waals surface area contributed by atoms with Crippen molar-refractivity contribution in [2.24, 2.45) is 0 Å². The normalized spacial score (nSPS) is 11.7. The van der Waals surface area contributed by atoms with Crippen molar-refractivity contribution in [1.29, 1.82) is 0 Å². The number of aromatic nitrogens is 1. The van der Waals surface area contributed by atoms with Crippen LogP contribution in [0, 0.1) is 17.5 Å². The number of ether oxygens (including phenoxy) is 1. The van der Waals surface area contributed by atoms with Crippen molar-refractivity contribution in [2.45, 2.75) is 25.8 Å². The van der Waals surface area contributed by atoms with Crippen LogP contribution in [0.5, 0.6) is 0 Å². The summed E-state index contributed by atoms with van der Waals surface area (Å²) in [6.45, 7) is 2.93. The number of carbonyl (C=O) groups excluding carboxylic acids is 1. The molecule has 8 heteroatoms. The fourth-order valence-electron chi connectivity index (χ4n) is 2.99. The van der Waals surface area contributed by atoms with Crippen LogP contribution in [0.1, 0.15) is 19.4 Å². The Morgan fingerprint density at radius 3 is 2.48 bits per heavy atom.